The minimum Gasteiger partial charge on any atom is -0.311 e. The number of fused-ring (bicyclic) bond motifs is 1. The van der Waals surface area contributed by atoms with Crippen molar-refractivity contribution >= 4 is 23.2 Å². The predicted octanol–water partition coefficient (Wildman–Crippen LogP) is 4.51. The summed E-state index contributed by atoms with van der Waals surface area (Å²) in [5.41, 5.74) is 6.34. The van der Waals surface area contributed by atoms with E-state index in [9.17, 15) is 4.79 Å². The Kier molecular flexibility index (Phi) is 4.48. The van der Waals surface area contributed by atoms with Crippen molar-refractivity contribution in [2.45, 2.75) is 6.54 Å². The molecule has 5 heteroatoms. The molecule has 5 rings (SSSR count). The molecular weight excluding hydrogens is 372 g/mol. The van der Waals surface area contributed by atoms with Gasteiger partial charge < -0.3 is 4.90 Å². The number of hydrogen-bond acceptors (Lipinski definition) is 3. The van der Waals surface area contributed by atoms with Gasteiger partial charge in [0.15, 0.2) is 0 Å². The van der Waals surface area contributed by atoms with Crippen molar-refractivity contribution in [3.8, 4) is 11.1 Å². The van der Waals surface area contributed by atoms with E-state index >= 15 is 0 Å². The van der Waals surface area contributed by atoms with Gasteiger partial charge in [0.05, 0.1) is 23.5 Å². The molecule has 0 saturated heterocycles. The SMILES string of the molecule is CN1C(=O)C(=Cc2nn(Cc3ccccc3)cc2-c2cccnc2)c2ccccc21. The highest BCUT2D eigenvalue weighted by Crippen LogP contribution is 2.37. The Balaban J connectivity index is 1.62. The van der Waals surface area contributed by atoms with Crippen molar-refractivity contribution in [3.05, 3.63) is 102 Å². The van der Waals surface area contributed by atoms with Crippen LogP contribution in [0.2, 0.25) is 0 Å². The number of para-hydroxylation sites is 1. The first kappa shape index (κ1) is 18.1. The molecule has 1 amide bonds. The molecule has 0 fully saturated rings. The van der Waals surface area contributed by atoms with Crippen LogP contribution in [0.1, 0.15) is 16.8 Å². The number of nitrogens with zero attached hydrogens (tertiary/aromatic N) is 4. The second kappa shape index (κ2) is 7.44. The molecule has 30 heavy (non-hydrogen) atoms. The summed E-state index contributed by atoms with van der Waals surface area (Å²) >= 11 is 0. The first-order chi connectivity index (χ1) is 14.7. The molecule has 0 atom stereocenters. The minimum atomic E-state index is -0.0223. The third-order valence-electron chi connectivity index (χ3n) is 5.32. The fourth-order valence-corrected chi connectivity index (χ4v) is 3.81. The largest absolute Gasteiger partial charge is 0.311 e. The Bertz CT molecular complexity index is 1240. The van der Waals surface area contributed by atoms with E-state index in [1.807, 2.05) is 77.7 Å². The molecule has 5 nitrogen and oxygen atoms in total. The number of carbonyl (C=O) groups is 1. The van der Waals surface area contributed by atoms with E-state index in [1.54, 1.807) is 18.1 Å². The fourth-order valence-electron chi connectivity index (χ4n) is 3.81. The molecule has 146 valence electrons. The molecule has 0 N–H and O–H groups in total. The first-order valence-corrected chi connectivity index (χ1v) is 9.81. The van der Waals surface area contributed by atoms with Crippen molar-refractivity contribution in [1.29, 1.82) is 0 Å². The Morgan fingerprint density at radius 2 is 1.73 bits per heavy atom. The van der Waals surface area contributed by atoms with Crippen LogP contribution < -0.4 is 4.90 Å². The van der Waals surface area contributed by atoms with Gasteiger partial charge in [-0.1, -0.05) is 54.6 Å². The number of amides is 1. The summed E-state index contributed by atoms with van der Waals surface area (Å²) in [5.74, 6) is -0.0223. The van der Waals surface area contributed by atoms with E-state index in [0.717, 1.165) is 28.1 Å². The average Bonchev–Trinajstić information content (AvgIpc) is 3.29. The minimum absolute atomic E-state index is 0.0223. The van der Waals surface area contributed by atoms with Gasteiger partial charge in [0.1, 0.15) is 0 Å². The average molecular weight is 392 g/mol. The van der Waals surface area contributed by atoms with Gasteiger partial charge in [0.2, 0.25) is 0 Å². The summed E-state index contributed by atoms with van der Waals surface area (Å²) in [6.45, 7) is 0.654. The van der Waals surface area contributed by atoms with E-state index < -0.39 is 0 Å². The Morgan fingerprint density at radius 3 is 2.53 bits per heavy atom. The van der Waals surface area contributed by atoms with E-state index in [4.69, 9.17) is 5.10 Å². The maximum absolute atomic E-state index is 12.9. The van der Waals surface area contributed by atoms with E-state index in [-0.39, 0.29) is 5.91 Å². The van der Waals surface area contributed by atoms with Gasteiger partial charge in [-0.05, 0) is 23.8 Å². The van der Waals surface area contributed by atoms with Crippen molar-refractivity contribution < 1.29 is 4.79 Å². The van der Waals surface area contributed by atoms with Crippen molar-refractivity contribution in [2.24, 2.45) is 0 Å². The number of pyridine rings is 1. The number of aromatic nitrogens is 3. The molecular formula is C25H20N4O. The van der Waals surface area contributed by atoms with Crippen LogP contribution in [0, 0.1) is 0 Å². The van der Waals surface area contributed by atoms with Crippen LogP contribution in [-0.2, 0) is 11.3 Å². The molecule has 0 bridgehead atoms. The van der Waals surface area contributed by atoms with Crippen LogP contribution in [0.15, 0.2) is 85.3 Å². The van der Waals surface area contributed by atoms with Crippen LogP contribution in [0.5, 0.6) is 0 Å². The highest BCUT2D eigenvalue weighted by Gasteiger charge is 2.29. The first-order valence-electron chi connectivity index (χ1n) is 9.81. The van der Waals surface area contributed by atoms with Gasteiger partial charge in [-0.25, -0.2) is 0 Å². The number of benzene rings is 2. The molecule has 0 unspecified atom stereocenters. The summed E-state index contributed by atoms with van der Waals surface area (Å²) in [6, 6.07) is 22.0. The van der Waals surface area contributed by atoms with Gasteiger partial charge >= 0.3 is 0 Å². The lowest BCUT2D eigenvalue weighted by Crippen LogP contribution is -2.20. The monoisotopic (exact) mass is 392 g/mol. The third kappa shape index (κ3) is 3.20. The molecule has 2 aromatic heterocycles. The molecule has 4 aromatic rings. The van der Waals surface area contributed by atoms with Crippen molar-refractivity contribution in [2.75, 3.05) is 11.9 Å². The molecule has 0 spiro atoms. The summed E-state index contributed by atoms with van der Waals surface area (Å²) < 4.78 is 1.92. The maximum atomic E-state index is 12.9. The molecule has 1 aliphatic rings. The summed E-state index contributed by atoms with van der Waals surface area (Å²) in [4.78, 5) is 18.9. The quantitative estimate of drug-likeness (QED) is 0.480. The maximum Gasteiger partial charge on any atom is 0.258 e. The number of hydrogen-bond donors (Lipinski definition) is 0. The normalized spacial score (nSPS) is 14.4. The molecule has 0 radical (unpaired) electrons. The van der Waals surface area contributed by atoms with Gasteiger partial charge in [0.25, 0.3) is 5.91 Å². The number of likely N-dealkylation sites (N-methyl/N-ethyl adjacent to an activating group) is 1. The zero-order chi connectivity index (χ0) is 20.5. The lowest BCUT2D eigenvalue weighted by molar-refractivity contribution is -0.112. The van der Waals surface area contributed by atoms with Crippen LogP contribution in [0.4, 0.5) is 5.69 Å². The highest BCUT2D eigenvalue weighted by molar-refractivity contribution is 6.35. The third-order valence-corrected chi connectivity index (χ3v) is 5.32. The van der Waals surface area contributed by atoms with Gasteiger partial charge in [0, 0.05) is 42.3 Å². The zero-order valence-corrected chi connectivity index (χ0v) is 16.6. The lowest BCUT2D eigenvalue weighted by Gasteiger charge is -2.07. The van der Waals surface area contributed by atoms with Crippen LogP contribution in [-0.4, -0.2) is 27.7 Å². The smallest absolute Gasteiger partial charge is 0.258 e. The van der Waals surface area contributed by atoms with Crippen LogP contribution in [0.3, 0.4) is 0 Å². The van der Waals surface area contributed by atoms with Crippen LogP contribution in [0.25, 0.3) is 22.8 Å². The van der Waals surface area contributed by atoms with Gasteiger partial charge in [-0.15, -0.1) is 0 Å². The summed E-state index contributed by atoms with van der Waals surface area (Å²) in [7, 11) is 1.80. The Hall–Kier alpha value is -3.99. The Labute approximate surface area is 174 Å². The number of rotatable bonds is 4. The van der Waals surface area contributed by atoms with Crippen molar-refractivity contribution in [3.63, 3.8) is 0 Å². The van der Waals surface area contributed by atoms with Gasteiger partial charge in [-0.3, -0.25) is 14.5 Å². The van der Waals surface area contributed by atoms with Gasteiger partial charge in [-0.2, -0.15) is 5.10 Å². The van der Waals surface area contributed by atoms with Crippen molar-refractivity contribution in [1.82, 2.24) is 14.8 Å². The molecule has 3 heterocycles. The standard InChI is InChI=1S/C25H20N4O/c1-28-24-12-6-5-11-20(24)21(25(28)30)14-23-22(19-10-7-13-26-15-19)17-29(27-23)16-18-8-3-2-4-9-18/h2-15,17H,16H2,1H3. The zero-order valence-electron chi connectivity index (χ0n) is 16.6. The topological polar surface area (TPSA) is 51.0 Å². The number of anilines is 1. The summed E-state index contributed by atoms with van der Waals surface area (Å²) in [6.07, 6.45) is 7.49. The second-order valence-corrected chi connectivity index (χ2v) is 7.29. The summed E-state index contributed by atoms with van der Waals surface area (Å²) in [5, 5.41) is 4.82. The lowest BCUT2D eigenvalue weighted by atomic mass is 10.0. The Morgan fingerprint density at radius 1 is 0.933 bits per heavy atom. The van der Waals surface area contributed by atoms with E-state index in [2.05, 4.69) is 17.1 Å². The molecule has 1 aliphatic heterocycles. The molecule has 0 saturated carbocycles. The number of carbonyl (C=O) groups excluding carboxylic acids is 1. The molecule has 0 aliphatic carbocycles. The highest BCUT2D eigenvalue weighted by atomic mass is 16.2. The second-order valence-electron chi connectivity index (χ2n) is 7.29. The van der Waals surface area contributed by atoms with E-state index in [0.29, 0.717) is 12.1 Å². The fraction of sp³-hybridized carbons (Fsp3) is 0.0800. The predicted molar refractivity (Wildman–Crippen MR) is 119 cm³/mol. The van der Waals surface area contributed by atoms with Crippen LogP contribution >= 0.6 is 0 Å². The van der Waals surface area contributed by atoms with E-state index in [1.165, 1.54) is 5.56 Å². The molecule has 2 aromatic carbocycles.